The van der Waals surface area contributed by atoms with Gasteiger partial charge in [0.1, 0.15) is 17.9 Å². The maximum atomic E-state index is 12.8. The topological polar surface area (TPSA) is 87.7 Å². The van der Waals surface area contributed by atoms with Gasteiger partial charge in [0.15, 0.2) is 0 Å². The zero-order valence-corrected chi connectivity index (χ0v) is 17.8. The molecule has 3 amide bonds. The van der Waals surface area contributed by atoms with Crippen LogP contribution >= 0.6 is 0 Å². The summed E-state index contributed by atoms with van der Waals surface area (Å²) in [5.74, 6) is 0.557. The van der Waals surface area contributed by atoms with Crippen molar-refractivity contribution in [1.82, 2.24) is 15.5 Å². The van der Waals surface area contributed by atoms with Gasteiger partial charge in [-0.2, -0.15) is 0 Å². The molecule has 1 unspecified atom stereocenters. The van der Waals surface area contributed by atoms with Gasteiger partial charge in [-0.05, 0) is 61.9 Å². The molecule has 4 rings (SSSR count). The van der Waals surface area contributed by atoms with Crippen molar-refractivity contribution in [3.8, 4) is 5.75 Å². The molecule has 2 fully saturated rings. The summed E-state index contributed by atoms with van der Waals surface area (Å²) in [7, 11) is 0. The first kappa shape index (κ1) is 20.8. The molecule has 0 spiro atoms. The van der Waals surface area contributed by atoms with Crippen LogP contribution in [-0.4, -0.2) is 47.4 Å². The number of imide groups is 1. The number of carbonyl (C=O) groups is 3. The highest BCUT2D eigenvalue weighted by molar-refractivity contribution is 6.05. The second-order valence-corrected chi connectivity index (χ2v) is 9.07. The molecule has 1 aliphatic carbocycles. The molecule has 7 heteroatoms. The van der Waals surface area contributed by atoms with Crippen LogP contribution in [0.4, 0.5) is 0 Å². The van der Waals surface area contributed by atoms with E-state index in [2.05, 4.69) is 24.5 Å². The summed E-state index contributed by atoms with van der Waals surface area (Å²) in [6.45, 7) is 5.76. The monoisotopic (exact) mass is 413 g/mol. The zero-order chi connectivity index (χ0) is 21.3. The molecular weight excluding hydrogens is 382 g/mol. The number of hydrogen-bond acceptors (Lipinski definition) is 5. The van der Waals surface area contributed by atoms with E-state index in [4.69, 9.17) is 4.74 Å². The smallest absolute Gasteiger partial charge is 0.255 e. The van der Waals surface area contributed by atoms with Gasteiger partial charge in [0.2, 0.25) is 11.8 Å². The van der Waals surface area contributed by atoms with E-state index in [-0.39, 0.29) is 30.2 Å². The molecule has 162 valence electrons. The van der Waals surface area contributed by atoms with E-state index in [9.17, 15) is 14.4 Å². The van der Waals surface area contributed by atoms with Crippen LogP contribution in [-0.2, 0) is 16.1 Å². The van der Waals surface area contributed by atoms with Gasteiger partial charge >= 0.3 is 0 Å². The zero-order valence-electron chi connectivity index (χ0n) is 17.8. The summed E-state index contributed by atoms with van der Waals surface area (Å²) in [6.07, 6.45) is 5.28. The second-order valence-electron chi connectivity index (χ2n) is 9.07. The maximum Gasteiger partial charge on any atom is 0.255 e. The first-order valence-electron chi connectivity index (χ1n) is 11.1. The molecule has 7 nitrogen and oxygen atoms in total. The number of ether oxygens (including phenoxy) is 1. The fourth-order valence-electron chi connectivity index (χ4n) is 4.66. The first-order chi connectivity index (χ1) is 14.4. The van der Waals surface area contributed by atoms with Crippen LogP contribution in [0.15, 0.2) is 18.2 Å². The lowest BCUT2D eigenvalue weighted by Crippen LogP contribution is -2.52. The van der Waals surface area contributed by atoms with Crippen molar-refractivity contribution in [2.24, 2.45) is 5.92 Å². The van der Waals surface area contributed by atoms with Gasteiger partial charge in [-0.15, -0.1) is 0 Å². The Morgan fingerprint density at radius 3 is 2.73 bits per heavy atom. The van der Waals surface area contributed by atoms with Crippen LogP contribution in [0.5, 0.6) is 5.75 Å². The van der Waals surface area contributed by atoms with E-state index in [0.29, 0.717) is 30.5 Å². The van der Waals surface area contributed by atoms with Gasteiger partial charge in [-0.3, -0.25) is 19.7 Å². The summed E-state index contributed by atoms with van der Waals surface area (Å²) in [5, 5.41) is 5.99. The molecule has 2 aliphatic heterocycles. The van der Waals surface area contributed by atoms with Gasteiger partial charge in [0.05, 0.1) is 0 Å². The SMILES string of the molecule is CC(C)CN[C@H]1CCCC[C@H]1Oc1ccc2c(c1)CN(C1CCC(=O)NC1=O)C2=O. The van der Waals surface area contributed by atoms with Gasteiger partial charge in [0.25, 0.3) is 5.91 Å². The van der Waals surface area contributed by atoms with Crippen LogP contribution in [0.2, 0.25) is 0 Å². The Labute approximate surface area is 177 Å². The van der Waals surface area contributed by atoms with E-state index in [0.717, 1.165) is 37.1 Å². The van der Waals surface area contributed by atoms with E-state index in [1.165, 1.54) is 6.42 Å². The molecule has 3 aliphatic rings. The Balaban J connectivity index is 1.44. The van der Waals surface area contributed by atoms with Crippen molar-refractivity contribution in [3.63, 3.8) is 0 Å². The van der Waals surface area contributed by atoms with Crippen LogP contribution in [0.1, 0.15) is 68.3 Å². The highest BCUT2D eigenvalue weighted by Gasteiger charge is 2.39. The minimum Gasteiger partial charge on any atom is -0.489 e. The maximum absolute atomic E-state index is 12.8. The molecule has 1 saturated heterocycles. The summed E-state index contributed by atoms with van der Waals surface area (Å²) in [6, 6.07) is 5.36. The van der Waals surface area contributed by atoms with Crippen molar-refractivity contribution in [3.05, 3.63) is 29.3 Å². The van der Waals surface area contributed by atoms with Gasteiger partial charge in [0, 0.05) is 24.6 Å². The van der Waals surface area contributed by atoms with Crippen molar-refractivity contribution in [2.45, 2.75) is 77.1 Å². The normalized spacial score (nSPS) is 26.7. The summed E-state index contributed by atoms with van der Waals surface area (Å²) >= 11 is 0. The van der Waals surface area contributed by atoms with Crippen LogP contribution < -0.4 is 15.4 Å². The van der Waals surface area contributed by atoms with Crippen LogP contribution in [0.25, 0.3) is 0 Å². The molecule has 0 radical (unpaired) electrons. The Kier molecular flexibility index (Phi) is 6.09. The fourth-order valence-corrected chi connectivity index (χ4v) is 4.66. The first-order valence-corrected chi connectivity index (χ1v) is 11.1. The molecule has 1 aromatic rings. The van der Waals surface area contributed by atoms with Crippen molar-refractivity contribution in [1.29, 1.82) is 0 Å². The third-order valence-electron chi connectivity index (χ3n) is 6.27. The average molecular weight is 414 g/mol. The summed E-state index contributed by atoms with van der Waals surface area (Å²) in [5.41, 5.74) is 1.50. The van der Waals surface area contributed by atoms with Gasteiger partial charge in [-0.1, -0.05) is 20.3 Å². The lowest BCUT2D eigenvalue weighted by atomic mass is 9.92. The van der Waals surface area contributed by atoms with Crippen molar-refractivity contribution >= 4 is 17.7 Å². The molecular formula is C23H31N3O4. The minimum atomic E-state index is -0.588. The molecule has 3 atom stereocenters. The molecule has 2 heterocycles. The van der Waals surface area contributed by atoms with Crippen LogP contribution in [0, 0.1) is 5.92 Å². The number of hydrogen-bond donors (Lipinski definition) is 2. The number of nitrogens with one attached hydrogen (secondary N) is 2. The lowest BCUT2D eigenvalue weighted by Gasteiger charge is -2.33. The van der Waals surface area contributed by atoms with E-state index in [1.807, 2.05) is 12.1 Å². The fraction of sp³-hybridized carbons (Fsp3) is 0.609. The standard InChI is InChI=1S/C23H31N3O4/c1-14(2)12-24-18-5-3-4-6-20(18)30-16-7-8-17-15(11-16)13-26(23(17)29)19-9-10-21(27)25-22(19)28/h7-8,11,14,18-20,24H,3-6,9-10,12-13H2,1-2H3,(H,25,27,28)/t18-,19?,20+/m0/s1. The quantitative estimate of drug-likeness (QED) is 0.699. The molecule has 2 N–H and O–H groups in total. The average Bonchev–Trinajstić information content (AvgIpc) is 3.03. The summed E-state index contributed by atoms with van der Waals surface area (Å²) < 4.78 is 6.36. The molecule has 1 aromatic carbocycles. The Morgan fingerprint density at radius 2 is 1.97 bits per heavy atom. The Hall–Kier alpha value is -2.41. The van der Waals surface area contributed by atoms with E-state index >= 15 is 0 Å². The molecule has 30 heavy (non-hydrogen) atoms. The predicted octanol–water partition coefficient (Wildman–Crippen LogP) is 2.38. The van der Waals surface area contributed by atoms with Crippen molar-refractivity contribution < 1.29 is 19.1 Å². The largest absolute Gasteiger partial charge is 0.489 e. The second kappa shape index (κ2) is 8.76. The Bertz CT molecular complexity index is 838. The third-order valence-corrected chi connectivity index (χ3v) is 6.27. The number of piperidine rings is 1. The number of nitrogens with zero attached hydrogens (tertiary/aromatic N) is 1. The van der Waals surface area contributed by atoms with Crippen molar-refractivity contribution in [2.75, 3.05) is 6.54 Å². The van der Waals surface area contributed by atoms with Crippen LogP contribution in [0.3, 0.4) is 0 Å². The molecule has 1 saturated carbocycles. The number of fused-ring (bicyclic) bond motifs is 1. The Morgan fingerprint density at radius 1 is 1.17 bits per heavy atom. The third kappa shape index (κ3) is 4.36. The predicted molar refractivity (Wildman–Crippen MR) is 112 cm³/mol. The van der Waals surface area contributed by atoms with Gasteiger partial charge < -0.3 is 15.0 Å². The summed E-state index contributed by atoms with van der Waals surface area (Å²) in [4.78, 5) is 38.0. The van der Waals surface area contributed by atoms with E-state index in [1.54, 1.807) is 11.0 Å². The van der Waals surface area contributed by atoms with E-state index < -0.39 is 6.04 Å². The highest BCUT2D eigenvalue weighted by atomic mass is 16.5. The minimum absolute atomic E-state index is 0.124. The highest BCUT2D eigenvalue weighted by Crippen LogP contribution is 2.32. The number of amides is 3. The lowest BCUT2D eigenvalue weighted by molar-refractivity contribution is -0.136. The van der Waals surface area contributed by atoms with Gasteiger partial charge in [-0.25, -0.2) is 0 Å². The number of carbonyl (C=O) groups excluding carboxylic acids is 3. The number of benzene rings is 1. The molecule has 0 bridgehead atoms. The number of rotatable bonds is 6. The molecule has 0 aromatic heterocycles.